The Morgan fingerprint density at radius 3 is 2.27 bits per heavy atom. The van der Waals surface area contributed by atoms with Crippen LogP contribution in [0.1, 0.15) is 16.7 Å². The Kier molecular flexibility index (Phi) is 5.16. The van der Waals surface area contributed by atoms with Crippen LogP contribution in [0.5, 0.6) is 0 Å². The highest BCUT2D eigenvalue weighted by molar-refractivity contribution is 9.11. The molecule has 1 N–H and O–H groups in total. The molecule has 2 nitrogen and oxygen atoms in total. The van der Waals surface area contributed by atoms with Crippen LogP contribution in [-0.4, -0.2) is 6.18 Å². The third kappa shape index (κ3) is 3.28. The minimum atomic E-state index is -4.80. The second-order valence-corrected chi connectivity index (χ2v) is 7.83. The summed E-state index contributed by atoms with van der Waals surface area (Å²) in [6.07, 6.45) is -3.88. The molecule has 1 atom stereocenters. The molecule has 0 aromatic heterocycles. The van der Waals surface area contributed by atoms with Gasteiger partial charge in [-0.1, -0.05) is 23.7 Å². The molecule has 0 spiro atoms. The van der Waals surface area contributed by atoms with Crippen LogP contribution in [0.3, 0.4) is 0 Å². The predicted octanol–water partition coefficient (Wildman–Crippen LogP) is 6.65. The summed E-state index contributed by atoms with van der Waals surface area (Å²) in [5, 5.41) is 0.418. The quantitative estimate of drug-likeness (QED) is 0.357. The largest absolute Gasteiger partial charge is 0.428 e. The highest BCUT2D eigenvalue weighted by atomic mass is 79.9. The number of aryl methyl sites for hydroxylation is 1. The molecule has 0 saturated carbocycles. The van der Waals surface area contributed by atoms with Crippen molar-refractivity contribution in [3.63, 3.8) is 0 Å². The van der Waals surface area contributed by atoms with Gasteiger partial charge in [-0.25, -0.2) is 4.39 Å². The Bertz CT molecular complexity index is 893. The van der Waals surface area contributed by atoms with Gasteiger partial charge in [0, 0.05) is 16.1 Å². The van der Waals surface area contributed by atoms with E-state index in [1.54, 1.807) is 25.1 Å². The van der Waals surface area contributed by atoms with Gasteiger partial charge in [0.05, 0.1) is 14.6 Å². The van der Waals surface area contributed by atoms with E-state index in [0.717, 1.165) is 23.8 Å². The zero-order valence-electron chi connectivity index (χ0n) is 13.0. The number of hydrogen-bond acceptors (Lipinski definition) is 2. The Hall–Kier alpha value is -1.09. The van der Waals surface area contributed by atoms with Gasteiger partial charge in [-0.2, -0.15) is 13.2 Å². The van der Waals surface area contributed by atoms with Gasteiger partial charge in [0.15, 0.2) is 5.82 Å². The van der Waals surface area contributed by atoms with Crippen molar-refractivity contribution in [2.45, 2.75) is 18.7 Å². The molecule has 9 heteroatoms. The average Bonchev–Trinajstić information content (AvgIpc) is 3.01. The first-order valence-corrected chi connectivity index (χ1v) is 9.17. The van der Waals surface area contributed by atoms with Gasteiger partial charge in [-0.15, -0.1) is 0 Å². The van der Waals surface area contributed by atoms with Crippen LogP contribution < -0.4 is 5.48 Å². The maximum absolute atomic E-state index is 13.9. The fourth-order valence-electron chi connectivity index (χ4n) is 2.52. The second-order valence-electron chi connectivity index (χ2n) is 5.71. The Morgan fingerprint density at radius 2 is 1.73 bits per heavy atom. The van der Waals surface area contributed by atoms with Crippen LogP contribution in [-0.2, 0) is 10.4 Å². The van der Waals surface area contributed by atoms with Gasteiger partial charge in [0.2, 0.25) is 5.60 Å². The summed E-state index contributed by atoms with van der Waals surface area (Å²) in [7, 11) is 0. The lowest BCUT2D eigenvalue weighted by molar-refractivity contribution is -0.269. The van der Waals surface area contributed by atoms with Crippen LogP contribution in [0, 0.1) is 12.7 Å². The van der Waals surface area contributed by atoms with Crippen LogP contribution in [0.4, 0.5) is 17.6 Å². The predicted molar refractivity (Wildman–Crippen MR) is 97.9 cm³/mol. The highest BCUT2D eigenvalue weighted by Gasteiger charge is 2.59. The summed E-state index contributed by atoms with van der Waals surface area (Å²) < 4.78 is 55.4. The molecule has 1 heterocycles. The maximum Gasteiger partial charge on any atom is 0.428 e. The first-order valence-electron chi connectivity index (χ1n) is 7.20. The van der Waals surface area contributed by atoms with Gasteiger partial charge in [0.25, 0.3) is 0 Å². The van der Waals surface area contributed by atoms with Crippen LogP contribution >= 0.6 is 43.5 Å². The van der Waals surface area contributed by atoms with Crippen LogP contribution in [0.15, 0.2) is 45.4 Å². The van der Waals surface area contributed by atoms with Crippen molar-refractivity contribution in [1.29, 1.82) is 0 Å². The molecule has 1 aliphatic rings. The summed E-state index contributed by atoms with van der Waals surface area (Å²) >= 11 is 11.9. The van der Waals surface area contributed by atoms with Crippen molar-refractivity contribution in [3.8, 4) is 0 Å². The van der Waals surface area contributed by atoms with E-state index in [-0.39, 0.29) is 20.2 Å². The van der Waals surface area contributed by atoms with Gasteiger partial charge in [-0.05, 0) is 68.6 Å². The minimum Gasteiger partial charge on any atom is -0.265 e. The SMILES string of the molecule is Cc1ccc(C2=CC(c3cc(Br)c(F)c(Br)c3)(C(F)(F)F)ON2)cc1Cl. The van der Waals surface area contributed by atoms with Crippen molar-refractivity contribution in [1.82, 2.24) is 5.48 Å². The molecule has 0 radical (unpaired) electrons. The van der Waals surface area contributed by atoms with Crippen molar-refractivity contribution in [3.05, 3.63) is 72.9 Å². The third-order valence-corrected chi connectivity index (χ3v) is 5.55. The first kappa shape index (κ1) is 19.7. The van der Waals surface area contributed by atoms with Crippen LogP contribution in [0.25, 0.3) is 5.70 Å². The van der Waals surface area contributed by atoms with E-state index < -0.39 is 17.6 Å². The molecule has 0 aliphatic carbocycles. The lowest BCUT2D eigenvalue weighted by atomic mass is 9.91. The number of benzene rings is 2. The number of alkyl halides is 3. The Balaban J connectivity index is 2.16. The Morgan fingerprint density at radius 1 is 1.12 bits per heavy atom. The van der Waals surface area contributed by atoms with Crippen molar-refractivity contribution < 1.29 is 22.4 Å². The summed E-state index contributed by atoms with van der Waals surface area (Å²) in [5.74, 6) is -0.702. The molecule has 0 bridgehead atoms. The monoisotopic (exact) mass is 513 g/mol. The molecule has 138 valence electrons. The molecule has 2 aromatic carbocycles. The normalized spacial score (nSPS) is 20.1. The summed E-state index contributed by atoms with van der Waals surface area (Å²) in [5.41, 5.74) is 0.605. The molecular weight excluding hydrogens is 505 g/mol. The van der Waals surface area contributed by atoms with E-state index in [4.69, 9.17) is 16.4 Å². The molecule has 26 heavy (non-hydrogen) atoms. The minimum absolute atomic E-state index is 0.112. The second kappa shape index (κ2) is 6.82. The molecule has 1 aliphatic heterocycles. The van der Waals surface area contributed by atoms with Crippen molar-refractivity contribution >= 4 is 49.2 Å². The molecule has 1 unspecified atom stereocenters. The van der Waals surface area contributed by atoms with E-state index in [1.165, 1.54) is 0 Å². The molecule has 0 saturated heterocycles. The number of hydroxylamine groups is 1. The fraction of sp³-hybridized carbons (Fsp3) is 0.176. The maximum atomic E-state index is 13.9. The molecule has 0 amide bonds. The zero-order valence-corrected chi connectivity index (χ0v) is 16.9. The first-order chi connectivity index (χ1) is 12.0. The Labute approximate surface area is 168 Å². The number of nitrogens with one attached hydrogen (secondary N) is 1. The van der Waals surface area contributed by atoms with E-state index in [9.17, 15) is 17.6 Å². The lowest BCUT2D eigenvalue weighted by Gasteiger charge is -2.29. The van der Waals surface area contributed by atoms with Gasteiger partial charge >= 0.3 is 6.18 Å². The van der Waals surface area contributed by atoms with E-state index >= 15 is 0 Å². The summed E-state index contributed by atoms with van der Waals surface area (Å²) in [6, 6.07) is 6.95. The smallest absolute Gasteiger partial charge is 0.265 e. The summed E-state index contributed by atoms with van der Waals surface area (Å²) in [4.78, 5) is 5.00. The lowest BCUT2D eigenvalue weighted by Crippen LogP contribution is -2.42. The van der Waals surface area contributed by atoms with Crippen molar-refractivity contribution in [2.24, 2.45) is 0 Å². The average molecular weight is 516 g/mol. The topological polar surface area (TPSA) is 21.3 Å². The highest BCUT2D eigenvalue weighted by Crippen LogP contribution is 2.48. The van der Waals surface area contributed by atoms with Gasteiger partial charge in [-0.3, -0.25) is 10.3 Å². The molecule has 2 aromatic rings. The third-order valence-electron chi connectivity index (χ3n) is 3.99. The van der Waals surface area contributed by atoms with Crippen molar-refractivity contribution in [2.75, 3.05) is 0 Å². The molecular formula is C17H10Br2ClF4NO. The zero-order chi connectivity index (χ0) is 19.3. The van der Waals surface area contributed by atoms with E-state index in [2.05, 4.69) is 37.3 Å². The summed E-state index contributed by atoms with van der Waals surface area (Å²) in [6.45, 7) is 1.78. The molecule has 3 rings (SSSR count). The number of rotatable bonds is 2. The van der Waals surface area contributed by atoms with E-state index in [1.807, 2.05) is 0 Å². The fourth-order valence-corrected chi connectivity index (χ4v) is 3.88. The van der Waals surface area contributed by atoms with Gasteiger partial charge < -0.3 is 0 Å². The standard InChI is InChI=1S/C17H10Br2ClF4NO/c1-8-2-3-9(4-13(8)20)14-7-16(26-25-14,17(22,23)24)10-5-11(18)15(21)12(19)6-10/h2-7,25H,1H3. The number of hydrogen-bond donors (Lipinski definition) is 1. The number of halogens is 7. The van der Waals surface area contributed by atoms with E-state index in [0.29, 0.717) is 10.6 Å². The van der Waals surface area contributed by atoms with Gasteiger partial charge in [0.1, 0.15) is 0 Å². The molecule has 0 fully saturated rings. The van der Waals surface area contributed by atoms with Crippen LogP contribution in [0.2, 0.25) is 5.02 Å².